The highest BCUT2D eigenvalue weighted by molar-refractivity contribution is 7.98. The fourth-order valence-corrected chi connectivity index (χ4v) is 4.38. The van der Waals surface area contributed by atoms with E-state index in [1.165, 1.54) is 15.7 Å². The second kappa shape index (κ2) is 16.4. The number of rotatable bonds is 14. The Morgan fingerprint density at radius 2 is 1.46 bits per heavy atom. The molecule has 0 heterocycles. The maximum atomic E-state index is 10.3. The highest BCUT2D eigenvalue weighted by Gasteiger charge is 2.40. The Morgan fingerprint density at radius 3 is 2.00 bits per heavy atom. The van der Waals surface area contributed by atoms with Gasteiger partial charge in [-0.3, -0.25) is 9.59 Å². The van der Waals surface area contributed by atoms with Crippen molar-refractivity contribution in [3.05, 3.63) is 77.9 Å². The zero-order valence-electron chi connectivity index (χ0n) is 23.3. The number of nitrogens with zero attached hydrogens (tertiary/aromatic N) is 2. The number of carboxylic acid groups (broad SMARTS) is 3. The number of aliphatic hydroxyl groups is 1. The SMILES string of the molecule is CCN(CC)CCON=C(c1ccc(SC)cc1)c1cccc2ccccc12.O=C(O)CC(O)(CC(=O)O)C(=O)O. The van der Waals surface area contributed by atoms with Gasteiger partial charge in [-0.15, -0.1) is 11.8 Å². The molecule has 11 heteroatoms. The van der Waals surface area contributed by atoms with Gasteiger partial charge in [0.25, 0.3) is 0 Å². The smallest absolute Gasteiger partial charge is 0.336 e. The highest BCUT2D eigenvalue weighted by Crippen LogP contribution is 2.24. The zero-order valence-corrected chi connectivity index (χ0v) is 24.1. The molecule has 0 aliphatic carbocycles. The lowest BCUT2D eigenvalue weighted by Gasteiger charge is -2.18. The molecule has 0 spiro atoms. The van der Waals surface area contributed by atoms with Crippen LogP contribution in [0.2, 0.25) is 0 Å². The topological polar surface area (TPSA) is 157 Å². The van der Waals surface area contributed by atoms with Crippen molar-refractivity contribution in [2.24, 2.45) is 5.16 Å². The van der Waals surface area contributed by atoms with Gasteiger partial charge in [0.05, 0.1) is 12.8 Å². The predicted molar refractivity (Wildman–Crippen MR) is 159 cm³/mol. The van der Waals surface area contributed by atoms with Gasteiger partial charge in [-0.2, -0.15) is 0 Å². The largest absolute Gasteiger partial charge is 0.481 e. The number of benzene rings is 3. The van der Waals surface area contributed by atoms with Crippen LogP contribution in [-0.2, 0) is 19.2 Å². The van der Waals surface area contributed by atoms with Gasteiger partial charge in [-0.25, -0.2) is 4.79 Å². The molecule has 0 amide bonds. The van der Waals surface area contributed by atoms with E-state index < -0.39 is 36.4 Å². The Hall–Kier alpha value is -3.93. The summed E-state index contributed by atoms with van der Waals surface area (Å²) in [5, 5.41) is 40.8. The van der Waals surface area contributed by atoms with Crippen LogP contribution in [0.25, 0.3) is 10.8 Å². The monoisotopic (exact) mass is 584 g/mol. The van der Waals surface area contributed by atoms with Crippen molar-refractivity contribution >= 4 is 46.2 Å². The molecule has 4 N–H and O–H groups in total. The molecule has 0 unspecified atom stereocenters. The van der Waals surface area contributed by atoms with Crippen molar-refractivity contribution in [1.29, 1.82) is 0 Å². The molecule has 10 nitrogen and oxygen atoms in total. The van der Waals surface area contributed by atoms with Gasteiger partial charge < -0.3 is 30.2 Å². The first-order valence-electron chi connectivity index (χ1n) is 13.0. The molecular formula is C30H36N2O8S. The number of hydrogen-bond acceptors (Lipinski definition) is 8. The Labute approximate surface area is 243 Å². The number of likely N-dealkylation sites (N-methyl/N-ethyl adjacent to an activating group) is 1. The third-order valence-corrected chi connectivity index (χ3v) is 6.99. The summed E-state index contributed by atoms with van der Waals surface area (Å²) in [5.41, 5.74) is 0.302. The minimum atomic E-state index is -2.74. The lowest BCUT2D eigenvalue weighted by molar-refractivity contribution is -0.170. The van der Waals surface area contributed by atoms with Gasteiger partial charge in [0.15, 0.2) is 5.60 Å². The standard InChI is InChI=1S/C24H28N2OS.C6H8O7/c1-4-26(5-2)17-18-27-25-24(20-13-15-21(28-3)16-14-20)23-12-8-10-19-9-6-7-11-22(19)23;7-3(8)1-6(13,5(11)12)2-4(9)10/h6-16H,4-5,17-18H2,1-3H3;13H,1-2H2,(H,7,8)(H,9,10)(H,11,12). The summed E-state index contributed by atoms with van der Waals surface area (Å²) in [7, 11) is 0. The van der Waals surface area contributed by atoms with Crippen LogP contribution in [0.1, 0.15) is 37.8 Å². The molecule has 0 fully saturated rings. The molecule has 0 saturated carbocycles. The van der Waals surface area contributed by atoms with Gasteiger partial charge in [0.1, 0.15) is 12.3 Å². The molecule has 220 valence electrons. The van der Waals surface area contributed by atoms with Crippen LogP contribution in [0.3, 0.4) is 0 Å². The molecule has 3 aromatic carbocycles. The van der Waals surface area contributed by atoms with Crippen molar-refractivity contribution < 1.29 is 39.6 Å². The lowest BCUT2D eigenvalue weighted by atomic mass is 9.96. The predicted octanol–water partition coefficient (Wildman–Crippen LogP) is 4.42. The molecule has 0 bridgehead atoms. The van der Waals surface area contributed by atoms with Crippen molar-refractivity contribution in [3.8, 4) is 0 Å². The fourth-order valence-electron chi connectivity index (χ4n) is 3.97. The summed E-state index contributed by atoms with van der Waals surface area (Å²) in [5.74, 6) is -5.02. The first-order chi connectivity index (χ1) is 19.5. The molecule has 0 radical (unpaired) electrons. The molecular weight excluding hydrogens is 548 g/mol. The minimum Gasteiger partial charge on any atom is -0.481 e. The van der Waals surface area contributed by atoms with Gasteiger partial charge in [-0.05, 0) is 42.3 Å². The third kappa shape index (κ3) is 10.2. The maximum Gasteiger partial charge on any atom is 0.336 e. The number of hydrogen-bond donors (Lipinski definition) is 4. The number of oxime groups is 1. The van der Waals surface area contributed by atoms with E-state index in [1.54, 1.807) is 11.8 Å². The molecule has 0 saturated heterocycles. The maximum absolute atomic E-state index is 10.3. The first-order valence-corrected chi connectivity index (χ1v) is 14.2. The number of aliphatic carboxylic acids is 3. The molecule has 0 atom stereocenters. The molecule has 0 aliphatic rings. The van der Waals surface area contributed by atoms with Crippen molar-refractivity contribution in [3.63, 3.8) is 0 Å². The number of thioether (sulfide) groups is 1. The lowest BCUT2D eigenvalue weighted by Crippen LogP contribution is -2.42. The third-order valence-electron chi connectivity index (χ3n) is 6.24. The van der Waals surface area contributed by atoms with E-state index in [2.05, 4.69) is 96.9 Å². The van der Waals surface area contributed by atoms with E-state index in [1.807, 2.05) is 0 Å². The Kier molecular flexibility index (Phi) is 13.3. The number of fused-ring (bicyclic) bond motifs is 1. The van der Waals surface area contributed by atoms with Crippen LogP contribution >= 0.6 is 11.8 Å². The molecule has 0 aromatic heterocycles. The van der Waals surface area contributed by atoms with Crippen LogP contribution in [0.4, 0.5) is 0 Å². The van der Waals surface area contributed by atoms with E-state index in [0.29, 0.717) is 6.61 Å². The van der Waals surface area contributed by atoms with E-state index in [0.717, 1.165) is 36.5 Å². The van der Waals surface area contributed by atoms with Gasteiger partial charge in [-0.1, -0.05) is 73.6 Å². The molecule has 3 rings (SSSR count). The second-order valence-corrected chi connectivity index (χ2v) is 9.91. The minimum absolute atomic E-state index is 0.582. The van der Waals surface area contributed by atoms with Crippen molar-refractivity contribution in [1.82, 2.24) is 4.90 Å². The van der Waals surface area contributed by atoms with Gasteiger partial charge in [0.2, 0.25) is 0 Å². The quantitative estimate of drug-likeness (QED) is 0.0925. The van der Waals surface area contributed by atoms with Crippen molar-refractivity contribution in [2.45, 2.75) is 37.2 Å². The average Bonchev–Trinajstić information content (AvgIpc) is 2.94. The van der Waals surface area contributed by atoms with Gasteiger partial charge >= 0.3 is 17.9 Å². The van der Waals surface area contributed by atoms with E-state index in [-0.39, 0.29) is 0 Å². The second-order valence-electron chi connectivity index (χ2n) is 9.03. The Balaban J connectivity index is 0.000000383. The summed E-state index contributed by atoms with van der Waals surface area (Å²) < 4.78 is 0. The van der Waals surface area contributed by atoms with E-state index in [9.17, 15) is 14.4 Å². The van der Waals surface area contributed by atoms with Crippen LogP contribution in [0, 0.1) is 0 Å². The number of carboxylic acids is 3. The van der Waals surface area contributed by atoms with Crippen LogP contribution < -0.4 is 0 Å². The Bertz CT molecular complexity index is 1320. The Morgan fingerprint density at radius 1 is 0.878 bits per heavy atom. The molecule has 0 aliphatic heterocycles. The van der Waals surface area contributed by atoms with Crippen molar-refractivity contribution in [2.75, 3.05) is 32.5 Å². The fraction of sp³-hybridized carbons (Fsp3) is 0.333. The molecule has 3 aromatic rings. The normalized spacial score (nSPS) is 11.6. The van der Waals surface area contributed by atoms with E-state index in [4.69, 9.17) is 25.3 Å². The number of carbonyl (C=O) groups is 3. The molecule has 41 heavy (non-hydrogen) atoms. The highest BCUT2D eigenvalue weighted by atomic mass is 32.2. The summed E-state index contributed by atoms with van der Waals surface area (Å²) >= 11 is 1.74. The van der Waals surface area contributed by atoms with Crippen LogP contribution in [-0.4, -0.2) is 87.0 Å². The van der Waals surface area contributed by atoms with Crippen LogP contribution in [0.5, 0.6) is 0 Å². The summed E-state index contributed by atoms with van der Waals surface area (Å²) in [4.78, 5) is 39.8. The zero-order chi connectivity index (χ0) is 30.4. The summed E-state index contributed by atoms with van der Waals surface area (Å²) in [6.07, 6.45) is -0.200. The first kappa shape index (κ1) is 33.3. The van der Waals surface area contributed by atoms with E-state index >= 15 is 0 Å². The van der Waals surface area contributed by atoms with Crippen LogP contribution in [0.15, 0.2) is 76.8 Å². The summed E-state index contributed by atoms with van der Waals surface area (Å²) in [6, 6.07) is 23.3. The summed E-state index contributed by atoms with van der Waals surface area (Å²) in [6.45, 7) is 7.85. The average molecular weight is 585 g/mol. The van der Waals surface area contributed by atoms with Gasteiger partial charge in [0, 0.05) is 22.6 Å².